The van der Waals surface area contributed by atoms with Gasteiger partial charge in [0.1, 0.15) is 5.54 Å². The Bertz CT molecular complexity index is 601. The summed E-state index contributed by atoms with van der Waals surface area (Å²) in [4.78, 5) is 36.4. The van der Waals surface area contributed by atoms with E-state index in [0.717, 1.165) is 17.3 Å². The number of amides is 1. The van der Waals surface area contributed by atoms with Crippen molar-refractivity contribution in [2.45, 2.75) is 32.2 Å². The van der Waals surface area contributed by atoms with Crippen molar-refractivity contribution in [1.29, 1.82) is 0 Å². The summed E-state index contributed by atoms with van der Waals surface area (Å²) in [5.41, 5.74) is 0.247. The number of nitrogens with zero attached hydrogens (tertiary/aromatic N) is 1. The van der Waals surface area contributed by atoms with Crippen LogP contribution in [0.2, 0.25) is 0 Å². The highest BCUT2D eigenvalue weighted by Crippen LogP contribution is 2.39. The van der Waals surface area contributed by atoms with Crippen LogP contribution in [0.3, 0.4) is 0 Å². The number of hydrogen-bond donors (Lipinski definition) is 1. The Morgan fingerprint density at radius 3 is 2.62 bits per heavy atom. The molecule has 1 N–H and O–H groups in total. The number of benzene rings is 1. The van der Waals surface area contributed by atoms with Gasteiger partial charge in [0.05, 0.1) is 0 Å². The topological polar surface area (TPSA) is 74.7 Å². The second kappa shape index (κ2) is 5.89. The molecule has 112 valence electrons. The molecule has 1 aromatic carbocycles. The van der Waals surface area contributed by atoms with Crippen molar-refractivity contribution >= 4 is 34.4 Å². The summed E-state index contributed by atoms with van der Waals surface area (Å²) < 4.78 is 0. The van der Waals surface area contributed by atoms with E-state index in [9.17, 15) is 19.5 Å². The lowest BCUT2D eigenvalue weighted by molar-refractivity contribution is -0.144. The molecule has 0 saturated heterocycles. The molecule has 1 unspecified atom stereocenters. The third kappa shape index (κ3) is 2.95. The number of thioether (sulfide) groups is 1. The number of para-hydroxylation sites is 1. The summed E-state index contributed by atoms with van der Waals surface area (Å²) in [6, 6.07) is 7.23. The number of fused-ring (bicyclic) bond motifs is 1. The predicted octanol–water partition coefficient (Wildman–Crippen LogP) is 2.09. The number of carboxylic acids is 1. The van der Waals surface area contributed by atoms with E-state index in [1.165, 1.54) is 11.8 Å². The molecule has 0 spiro atoms. The normalized spacial score (nSPS) is 20.2. The highest BCUT2D eigenvalue weighted by atomic mass is 32.2. The Morgan fingerprint density at radius 1 is 1.33 bits per heavy atom. The Balaban J connectivity index is 2.26. The van der Waals surface area contributed by atoms with Gasteiger partial charge in [-0.3, -0.25) is 14.5 Å². The van der Waals surface area contributed by atoms with E-state index in [4.69, 9.17) is 0 Å². The zero-order valence-electron chi connectivity index (χ0n) is 12.0. The molecule has 0 bridgehead atoms. The van der Waals surface area contributed by atoms with Crippen molar-refractivity contribution in [1.82, 2.24) is 0 Å². The number of carbonyl (C=O) groups is 3. The first kappa shape index (κ1) is 15.6. The van der Waals surface area contributed by atoms with Crippen LogP contribution in [0.15, 0.2) is 24.3 Å². The number of carboxylic acid groups (broad SMARTS) is 1. The smallest absolute Gasteiger partial charge is 0.330 e. The van der Waals surface area contributed by atoms with Crippen molar-refractivity contribution in [3.63, 3.8) is 0 Å². The van der Waals surface area contributed by atoms with Crippen LogP contribution < -0.4 is 4.90 Å². The van der Waals surface area contributed by atoms with Gasteiger partial charge in [0, 0.05) is 31.2 Å². The number of rotatable bonds is 4. The van der Waals surface area contributed by atoms with Gasteiger partial charge in [0.2, 0.25) is 5.91 Å². The van der Waals surface area contributed by atoms with E-state index in [0.29, 0.717) is 17.9 Å². The lowest BCUT2D eigenvalue weighted by atomic mass is 9.96. The predicted molar refractivity (Wildman–Crippen MR) is 81.4 cm³/mol. The zero-order chi connectivity index (χ0) is 15.6. The SMILES string of the molecule is CC(=O)SCCC(=O)N1c2ccccc2CC1(C)C(=O)O. The molecule has 0 saturated carbocycles. The molecular weight excluding hydrogens is 290 g/mol. The Labute approximate surface area is 127 Å². The average Bonchev–Trinajstić information content (AvgIpc) is 2.71. The molecule has 1 aliphatic heterocycles. The van der Waals surface area contributed by atoms with Gasteiger partial charge in [-0.1, -0.05) is 30.0 Å². The van der Waals surface area contributed by atoms with Crippen LogP contribution in [0.1, 0.15) is 25.8 Å². The molecule has 5 nitrogen and oxygen atoms in total. The standard InChI is InChI=1S/C15H17NO4S/c1-10(17)21-8-7-13(18)16-12-6-4-3-5-11(12)9-15(16,2)14(19)20/h3-6H,7-9H2,1-2H3,(H,19,20). The third-order valence-corrected chi connectivity index (χ3v) is 4.41. The van der Waals surface area contributed by atoms with Crippen LogP contribution in [-0.4, -0.2) is 33.4 Å². The first-order valence-corrected chi connectivity index (χ1v) is 7.62. The van der Waals surface area contributed by atoms with Crippen molar-refractivity contribution < 1.29 is 19.5 Å². The van der Waals surface area contributed by atoms with Crippen LogP contribution in [0.5, 0.6) is 0 Å². The average molecular weight is 307 g/mol. The number of carbonyl (C=O) groups excluding carboxylic acids is 2. The summed E-state index contributed by atoms with van der Waals surface area (Å²) in [6.45, 7) is 3.01. The van der Waals surface area contributed by atoms with E-state index in [2.05, 4.69) is 0 Å². The second-order valence-corrected chi connectivity index (χ2v) is 6.48. The minimum absolute atomic E-state index is 0.0504. The van der Waals surface area contributed by atoms with E-state index in [-0.39, 0.29) is 17.4 Å². The molecule has 1 atom stereocenters. The highest BCUT2D eigenvalue weighted by Gasteiger charge is 2.48. The summed E-state index contributed by atoms with van der Waals surface area (Å²) in [7, 11) is 0. The lowest BCUT2D eigenvalue weighted by Crippen LogP contribution is -2.53. The van der Waals surface area contributed by atoms with Gasteiger partial charge in [0.25, 0.3) is 0 Å². The monoisotopic (exact) mass is 307 g/mol. The molecule has 1 aromatic rings. The van der Waals surface area contributed by atoms with E-state index in [1.54, 1.807) is 19.1 Å². The van der Waals surface area contributed by atoms with Gasteiger partial charge >= 0.3 is 5.97 Å². The van der Waals surface area contributed by atoms with Gasteiger partial charge in [-0.25, -0.2) is 4.79 Å². The van der Waals surface area contributed by atoms with E-state index < -0.39 is 11.5 Å². The van der Waals surface area contributed by atoms with E-state index in [1.807, 2.05) is 12.1 Å². The third-order valence-electron chi connectivity index (χ3n) is 3.59. The fourth-order valence-corrected chi connectivity index (χ4v) is 3.13. The van der Waals surface area contributed by atoms with Gasteiger partial charge < -0.3 is 5.11 Å². The first-order valence-electron chi connectivity index (χ1n) is 6.64. The number of aliphatic carboxylic acids is 1. The summed E-state index contributed by atoms with van der Waals surface area (Å²) in [5.74, 6) is -0.924. The van der Waals surface area contributed by atoms with Crippen molar-refractivity contribution in [3.05, 3.63) is 29.8 Å². The molecule has 6 heteroatoms. The molecule has 0 aliphatic carbocycles. The maximum atomic E-state index is 12.4. The molecule has 2 rings (SSSR count). The first-order chi connectivity index (χ1) is 9.86. The number of hydrogen-bond acceptors (Lipinski definition) is 4. The molecule has 0 fully saturated rings. The number of anilines is 1. The summed E-state index contributed by atoms with van der Waals surface area (Å²) in [6.07, 6.45) is 0.436. The van der Waals surface area contributed by atoms with Crippen LogP contribution in [-0.2, 0) is 20.8 Å². The highest BCUT2D eigenvalue weighted by molar-refractivity contribution is 8.13. The molecule has 21 heavy (non-hydrogen) atoms. The van der Waals surface area contributed by atoms with Gasteiger partial charge in [-0.15, -0.1) is 0 Å². The Morgan fingerprint density at radius 2 is 2.00 bits per heavy atom. The minimum atomic E-state index is -1.26. The maximum absolute atomic E-state index is 12.4. The zero-order valence-corrected chi connectivity index (χ0v) is 12.8. The lowest BCUT2D eigenvalue weighted by Gasteiger charge is -2.31. The minimum Gasteiger partial charge on any atom is -0.479 e. The van der Waals surface area contributed by atoms with Crippen LogP contribution >= 0.6 is 11.8 Å². The summed E-state index contributed by atoms with van der Waals surface area (Å²) in [5, 5.41) is 9.47. The van der Waals surface area contributed by atoms with Gasteiger partial charge in [0.15, 0.2) is 5.12 Å². The maximum Gasteiger partial charge on any atom is 0.330 e. The Hall–Kier alpha value is -1.82. The molecule has 1 aliphatic rings. The van der Waals surface area contributed by atoms with Crippen LogP contribution in [0, 0.1) is 0 Å². The second-order valence-electron chi connectivity index (χ2n) is 5.20. The van der Waals surface area contributed by atoms with Crippen molar-refractivity contribution in [3.8, 4) is 0 Å². The summed E-state index contributed by atoms with van der Waals surface area (Å²) >= 11 is 1.07. The van der Waals surface area contributed by atoms with Crippen molar-refractivity contribution in [2.24, 2.45) is 0 Å². The van der Waals surface area contributed by atoms with Crippen molar-refractivity contribution in [2.75, 3.05) is 10.7 Å². The largest absolute Gasteiger partial charge is 0.479 e. The molecular formula is C15H17NO4S. The fraction of sp³-hybridized carbons (Fsp3) is 0.400. The Kier molecular flexibility index (Phi) is 4.37. The van der Waals surface area contributed by atoms with Gasteiger partial charge in [-0.05, 0) is 18.6 Å². The molecule has 0 radical (unpaired) electrons. The molecule has 1 amide bonds. The fourth-order valence-electron chi connectivity index (χ4n) is 2.57. The quantitative estimate of drug-likeness (QED) is 0.922. The molecule has 1 heterocycles. The van der Waals surface area contributed by atoms with Crippen LogP contribution in [0.4, 0.5) is 5.69 Å². The van der Waals surface area contributed by atoms with Crippen LogP contribution in [0.25, 0.3) is 0 Å². The van der Waals surface area contributed by atoms with E-state index >= 15 is 0 Å². The molecule has 0 aromatic heterocycles. The van der Waals surface area contributed by atoms with Gasteiger partial charge in [-0.2, -0.15) is 0 Å².